The molecule has 1 aromatic rings. The first kappa shape index (κ1) is 15.7. The molecule has 0 aliphatic carbocycles. The minimum atomic E-state index is 0.407. The fourth-order valence-electron chi connectivity index (χ4n) is 1.60. The third-order valence-electron chi connectivity index (χ3n) is 3.12. The average Bonchev–Trinajstić information content (AvgIpc) is 2.39. The summed E-state index contributed by atoms with van der Waals surface area (Å²) in [4.78, 5) is 6.46. The SMILES string of the molecule is CC(C)N(C)CCCCNc1nccc(C#N)c1Cl. The molecule has 19 heavy (non-hydrogen) atoms. The largest absolute Gasteiger partial charge is 0.369 e. The lowest BCUT2D eigenvalue weighted by atomic mass is 10.2. The zero-order valence-corrected chi connectivity index (χ0v) is 12.5. The number of unbranched alkanes of at least 4 members (excludes halogenated alkanes) is 1. The van der Waals surface area contributed by atoms with Crippen molar-refractivity contribution >= 4 is 17.4 Å². The first-order chi connectivity index (χ1) is 9.06. The fourth-order valence-corrected chi connectivity index (χ4v) is 1.83. The topological polar surface area (TPSA) is 52.0 Å². The quantitative estimate of drug-likeness (QED) is 0.780. The van der Waals surface area contributed by atoms with E-state index in [4.69, 9.17) is 16.9 Å². The number of anilines is 1. The lowest BCUT2D eigenvalue weighted by Gasteiger charge is -2.20. The van der Waals surface area contributed by atoms with Gasteiger partial charge in [-0.25, -0.2) is 4.98 Å². The van der Waals surface area contributed by atoms with E-state index < -0.39 is 0 Å². The second-order valence-corrected chi connectivity index (χ2v) is 5.22. The summed E-state index contributed by atoms with van der Waals surface area (Å²) in [6, 6.07) is 4.24. The van der Waals surface area contributed by atoms with Gasteiger partial charge in [0, 0.05) is 18.8 Å². The van der Waals surface area contributed by atoms with Gasteiger partial charge in [0.05, 0.1) is 5.56 Å². The molecule has 0 bridgehead atoms. The van der Waals surface area contributed by atoms with E-state index in [1.807, 2.05) is 6.07 Å². The maximum Gasteiger partial charge on any atom is 0.146 e. The van der Waals surface area contributed by atoms with Crippen molar-refractivity contribution in [1.82, 2.24) is 9.88 Å². The van der Waals surface area contributed by atoms with E-state index in [1.165, 1.54) is 0 Å². The first-order valence-electron chi connectivity index (χ1n) is 6.55. The molecule has 1 N–H and O–H groups in total. The highest BCUT2D eigenvalue weighted by molar-refractivity contribution is 6.34. The number of hydrogen-bond acceptors (Lipinski definition) is 4. The maximum atomic E-state index is 8.87. The van der Waals surface area contributed by atoms with E-state index in [0.29, 0.717) is 22.4 Å². The highest BCUT2D eigenvalue weighted by Crippen LogP contribution is 2.22. The smallest absolute Gasteiger partial charge is 0.146 e. The van der Waals surface area contributed by atoms with Crippen LogP contribution in [0.25, 0.3) is 0 Å². The number of rotatable bonds is 7. The maximum absolute atomic E-state index is 8.87. The molecule has 0 fully saturated rings. The number of halogens is 1. The van der Waals surface area contributed by atoms with Crippen LogP contribution in [-0.4, -0.2) is 36.1 Å². The van der Waals surface area contributed by atoms with Gasteiger partial charge in [-0.1, -0.05) is 11.6 Å². The molecule has 1 aromatic heterocycles. The highest BCUT2D eigenvalue weighted by Gasteiger charge is 2.06. The lowest BCUT2D eigenvalue weighted by molar-refractivity contribution is 0.269. The number of nitrogens with zero attached hydrogens (tertiary/aromatic N) is 3. The van der Waals surface area contributed by atoms with Gasteiger partial charge in [-0.2, -0.15) is 5.26 Å². The van der Waals surface area contributed by atoms with Crippen molar-refractivity contribution in [2.45, 2.75) is 32.7 Å². The molecule has 0 aliphatic rings. The van der Waals surface area contributed by atoms with Crippen LogP contribution in [0.5, 0.6) is 0 Å². The van der Waals surface area contributed by atoms with Gasteiger partial charge in [0.2, 0.25) is 0 Å². The molecule has 0 unspecified atom stereocenters. The van der Waals surface area contributed by atoms with Gasteiger partial charge < -0.3 is 10.2 Å². The molecule has 0 amide bonds. The van der Waals surface area contributed by atoms with Gasteiger partial charge in [-0.05, 0) is 46.3 Å². The van der Waals surface area contributed by atoms with Gasteiger partial charge in [-0.3, -0.25) is 0 Å². The Kier molecular flexibility index (Phi) is 6.61. The average molecular weight is 281 g/mol. The Morgan fingerprint density at radius 3 is 2.84 bits per heavy atom. The van der Waals surface area contributed by atoms with Crippen LogP contribution in [0.15, 0.2) is 12.3 Å². The van der Waals surface area contributed by atoms with Crippen LogP contribution in [0.3, 0.4) is 0 Å². The molecule has 1 heterocycles. The van der Waals surface area contributed by atoms with Crippen LogP contribution in [0, 0.1) is 11.3 Å². The van der Waals surface area contributed by atoms with E-state index in [2.05, 4.69) is 36.1 Å². The van der Waals surface area contributed by atoms with E-state index in [0.717, 1.165) is 25.9 Å². The third-order valence-corrected chi connectivity index (χ3v) is 3.50. The molecule has 1 rings (SSSR count). The van der Waals surface area contributed by atoms with Crippen LogP contribution in [-0.2, 0) is 0 Å². The molecule has 0 radical (unpaired) electrons. The summed E-state index contributed by atoms with van der Waals surface area (Å²) in [5.41, 5.74) is 0.457. The summed E-state index contributed by atoms with van der Waals surface area (Å²) in [5, 5.41) is 12.5. The zero-order chi connectivity index (χ0) is 14.3. The lowest BCUT2D eigenvalue weighted by Crippen LogP contribution is -2.27. The van der Waals surface area contributed by atoms with E-state index in [9.17, 15) is 0 Å². The minimum Gasteiger partial charge on any atom is -0.369 e. The second-order valence-electron chi connectivity index (χ2n) is 4.84. The van der Waals surface area contributed by atoms with E-state index in [1.54, 1.807) is 12.3 Å². The van der Waals surface area contributed by atoms with Gasteiger partial charge in [-0.15, -0.1) is 0 Å². The van der Waals surface area contributed by atoms with Crippen molar-refractivity contribution in [3.8, 4) is 6.07 Å². The van der Waals surface area contributed by atoms with Crippen LogP contribution < -0.4 is 5.32 Å². The summed E-state index contributed by atoms with van der Waals surface area (Å²) in [5.74, 6) is 0.595. The van der Waals surface area contributed by atoms with Crippen LogP contribution >= 0.6 is 11.6 Å². The van der Waals surface area contributed by atoms with Crippen molar-refractivity contribution in [3.05, 3.63) is 22.8 Å². The molecule has 4 nitrogen and oxygen atoms in total. The minimum absolute atomic E-state index is 0.407. The summed E-state index contributed by atoms with van der Waals surface area (Å²) in [6.07, 6.45) is 3.77. The Morgan fingerprint density at radius 2 is 2.21 bits per heavy atom. The number of hydrogen-bond donors (Lipinski definition) is 1. The van der Waals surface area contributed by atoms with Crippen LogP contribution in [0.4, 0.5) is 5.82 Å². The molecule has 0 spiro atoms. The van der Waals surface area contributed by atoms with Crippen molar-refractivity contribution in [2.24, 2.45) is 0 Å². The van der Waals surface area contributed by atoms with Crippen LogP contribution in [0.2, 0.25) is 5.02 Å². The summed E-state index contributed by atoms with van der Waals surface area (Å²) < 4.78 is 0. The molecule has 0 saturated heterocycles. The number of nitriles is 1. The summed E-state index contributed by atoms with van der Waals surface area (Å²) >= 11 is 6.06. The Balaban J connectivity index is 2.33. The number of nitrogens with one attached hydrogen (secondary N) is 1. The molecule has 0 aliphatic heterocycles. The van der Waals surface area contributed by atoms with Gasteiger partial charge in [0.15, 0.2) is 0 Å². The van der Waals surface area contributed by atoms with E-state index in [-0.39, 0.29) is 0 Å². The summed E-state index contributed by atoms with van der Waals surface area (Å²) in [7, 11) is 2.13. The fraction of sp³-hybridized carbons (Fsp3) is 0.571. The number of aromatic nitrogens is 1. The van der Waals surface area contributed by atoms with Crippen molar-refractivity contribution < 1.29 is 0 Å². The van der Waals surface area contributed by atoms with Crippen molar-refractivity contribution in [2.75, 3.05) is 25.5 Å². The Bertz CT molecular complexity index is 440. The Hall–Kier alpha value is -1.31. The predicted molar refractivity (Wildman–Crippen MR) is 79.5 cm³/mol. The molecular weight excluding hydrogens is 260 g/mol. The molecule has 0 atom stereocenters. The molecule has 104 valence electrons. The van der Waals surface area contributed by atoms with Gasteiger partial charge in [0.25, 0.3) is 0 Å². The van der Waals surface area contributed by atoms with Gasteiger partial charge >= 0.3 is 0 Å². The summed E-state index contributed by atoms with van der Waals surface area (Å²) in [6.45, 7) is 6.27. The zero-order valence-electron chi connectivity index (χ0n) is 11.8. The number of pyridine rings is 1. The Morgan fingerprint density at radius 1 is 1.47 bits per heavy atom. The molecular formula is C14H21ClN4. The van der Waals surface area contributed by atoms with Crippen molar-refractivity contribution in [3.63, 3.8) is 0 Å². The monoisotopic (exact) mass is 280 g/mol. The van der Waals surface area contributed by atoms with Crippen LogP contribution in [0.1, 0.15) is 32.3 Å². The molecule has 5 heteroatoms. The van der Waals surface area contributed by atoms with E-state index >= 15 is 0 Å². The van der Waals surface area contributed by atoms with Gasteiger partial charge in [0.1, 0.15) is 16.9 Å². The Labute approximate surface area is 120 Å². The normalized spacial score (nSPS) is 10.8. The standard InChI is InChI=1S/C14H21ClN4/c1-11(2)19(3)9-5-4-7-17-14-13(15)12(10-16)6-8-18-14/h6,8,11H,4-5,7,9H2,1-3H3,(H,17,18). The third kappa shape index (κ3) is 5.06. The first-order valence-corrected chi connectivity index (χ1v) is 6.92. The molecule has 0 aromatic carbocycles. The molecule has 0 saturated carbocycles. The predicted octanol–water partition coefficient (Wildman–Crippen LogP) is 3.14. The van der Waals surface area contributed by atoms with Crippen molar-refractivity contribution in [1.29, 1.82) is 5.26 Å². The highest BCUT2D eigenvalue weighted by atomic mass is 35.5. The second kappa shape index (κ2) is 7.98.